The fourth-order valence-corrected chi connectivity index (χ4v) is 3.32. The molecule has 0 radical (unpaired) electrons. The lowest BCUT2D eigenvalue weighted by molar-refractivity contribution is 0.537. The van der Waals surface area contributed by atoms with E-state index in [-0.39, 0.29) is 6.04 Å². The zero-order chi connectivity index (χ0) is 12.4. The number of aryl methyl sites for hydroxylation is 2. The minimum absolute atomic E-state index is 0.126. The van der Waals surface area contributed by atoms with Crippen LogP contribution >= 0.6 is 27.3 Å². The average Bonchev–Trinajstić information content (AvgIpc) is 2.82. The van der Waals surface area contributed by atoms with E-state index in [0.717, 1.165) is 16.6 Å². The Labute approximate surface area is 113 Å². The molecule has 92 valence electrons. The van der Waals surface area contributed by atoms with Crippen molar-refractivity contribution in [2.75, 3.05) is 0 Å². The van der Waals surface area contributed by atoms with E-state index in [0.29, 0.717) is 0 Å². The Bertz CT molecular complexity index is 505. The second-order valence-corrected chi connectivity index (χ2v) is 5.85. The van der Waals surface area contributed by atoms with Crippen LogP contribution in [0, 0.1) is 6.92 Å². The third kappa shape index (κ3) is 2.95. The van der Waals surface area contributed by atoms with Crippen molar-refractivity contribution >= 4 is 27.3 Å². The molecule has 0 bridgehead atoms. The molecule has 0 fully saturated rings. The fraction of sp³-hybridized carbons (Fsp3) is 0.364. The highest BCUT2D eigenvalue weighted by Crippen LogP contribution is 2.27. The summed E-state index contributed by atoms with van der Waals surface area (Å²) in [6, 6.07) is 4.31. The summed E-state index contributed by atoms with van der Waals surface area (Å²) in [6.45, 7) is 2.00. The molecule has 17 heavy (non-hydrogen) atoms. The van der Waals surface area contributed by atoms with Crippen LogP contribution in [0.5, 0.6) is 0 Å². The van der Waals surface area contributed by atoms with Gasteiger partial charge in [-0.1, -0.05) is 0 Å². The van der Waals surface area contributed by atoms with Crippen molar-refractivity contribution < 1.29 is 0 Å². The SMILES string of the molecule is Cc1cc(CC(NN)c2cc(Br)cs2)n(C)n1. The van der Waals surface area contributed by atoms with Gasteiger partial charge < -0.3 is 0 Å². The third-order valence-electron chi connectivity index (χ3n) is 2.64. The van der Waals surface area contributed by atoms with Gasteiger partial charge in [-0.05, 0) is 35.0 Å². The molecule has 0 aliphatic carbocycles. The standard InChI is InChI=1S/C11H15BrN4S/c1-7-3-9(16(2)15-7)5-10(14-13)11-4-8(12)6-17-11/h3-4,6,10,14H,5,13H2,1-2H3. The summed E-state index contributed by atoms with van der Waals surface area (Å²) in [6.07, 6.45) is 0.834. The van der Waals surface area contributed by atoms with E-state index in [2.05, 4.69) is 44.0 Å². The Morgan fingerprint density at radius 1 is 1.59 bits per heavy atom. The van der Waals surface area contributed by atoms with Crippen molar-refractivity contribution in [2.45, 2.75) is 19.4 Å². The molecule has 0 saturated carbocycles. The molecule has 0 spiro atoms. The summed E-state index contributed by atoms with van der Waals surface area (Å²) in [7, 11) is 1.96. The van der Waals surface area contributed by atoms with Crippen molar-refractivity contribution in [1.29, 1.82) is 0 Å². The number of hydrazine groups is 1. The van der Waals surface area contributed by atoms with Gasteiger partial charge in [0, 0.05) is 33.9 Å². The van der Waals surface area contributed by atoms with Crippen molar-refractivity contribution in [3.63, 3.8) is 0 Å². The van der Waals surface area contributed by atoms with Crippen LogP contribution in [0.4, 0.5) is 0 Å². The molecule has 2 rings (SSSR count). The van der Waals surface area contributed by atoms with E-state index >= 15 is 0 Å². The number of nitrogens with one attached hydrogen (secondary N) is 1. The average molecular weight is 315 g/mol. The first-order valence-electron chi connectivity index (χ1n) is 5.29. The van der Waals surface area contributed by atoms with Crippen molar-refractivity contribution in [3.05, 3.63) is 38.3 Å². The summed E-state index contributed by atoms with van der Waals surface area (Å²) in [5.41, 5.74) is 5.07. The van der Waals surface area contributed by atoms with Gasteiger partial charge in [0.25, 0.3) is 0 Å². The summed E-state index contributed by atoms with van der Waals surface area (Å²) < 4.78 is 3.00. The lowest BCUT2D eigenvalue weighted by Gasteiger charge is -2.13. The molecule has 1 atom stereocenters. The summed E-state index contributed by atoms with van der Waals surface area (Å²) in [5, 5.41) is 6.40. The molecule has 4 nitrogen and oxygen atoms in total. The molecule has 6 heteroatoms. The summed E-state index contributed by atoms with van der Waals surface area (Å²) >= 11 is 5.15. The largest absolute Gasteiger partial charge is 0.272 e. The molecule has 2 heterocycles. The number of hydrogen-bond acceptors (Lipinski definition) is 4. The Morgan fingerprint density at radius 2 is 2.35 bits per heavy atom. The normalized spacial score (nSPS) is 12.9. The zero-order valence-corrected chi connectivity index (χ0v) is 12.2. The summed E-state index contributed by atoms with van der Waals surface area (Å²) in [4.78, 5) is 1.22. The molecular formula is C11H15BrN4S. The molecule has 3 N–H and O–H groups in total. The first-order valence-corrected chi connectivity index (χ1v) is 6.97. The Balaban J connectivity index is 2.18. The van der Waals surface area contributed by atoms with Crippen molar-refractivity contribution in [1.82, 2.24) is 15.2 Å². The Hall–Kier alpha value is -0.690. The molecule has 1 unspecified atom stereocenters. The lowest BCUT2D eigenvalue weighted by Crippen LogP contribution is -2.29. The van der Waals surface area contributed by atoms with Gasteiger partial charge in [-0.2, -0.15) is 5.10 Å². The van der Waals surface area contributed by atoms with Gasteiger partial charge in [-0.15, -0.1) is 11.3 Å². The van der Waals surface area contributed by atoms with Crippen LogP contribution in [0.2, 0.25) is 0 Å². The topological polar surface area (TPSA) is 55.9 Å². The minimum atomic E-state index is 0.126. The van der Waals surface area contributed by atoms with Gasteiger partial charge >= 0.3 is 0 Å². The predicted molar refractivity (Wildman–Crippen MR) is 73.7 cm³/mol. The van der Waals surface area contributed by atoms with Crippen LogP contribution < -0.4 is 11.3 Å². The highest BCUT2D eigenvalue weighted by atomic mass is 79.9. The quantitative estimate of drug-likeness (QED) is 0.672. The number of nitrogens with two attached hydrogens (primary N) is 1. The van der Waals surface area contributed by atoms with Crippen molar-refractivity contribution in [3.8, 4) is 0 Å². The van der Waals surface area contributed by atoms with E-state index in [9.17, 15) is 0 Å². The smallest absolute Gasteiger partial charge is 0.0608 e. The molecule has 0 aliphatic rings. The fourth-order valence-electron chi connectivity index (χ4n) is 1.82. The van der Waals surface area contributed by atoms with Crippen LogP contribution in [-0.2, 0) is 13.5 Å². The predicted octanol–water partition coefficient (Wildman–Crippen LogP) is 2.30. The number of nitrogens with zero attached hydrogens (tertiary/aromatic N) is 2. The van der Waals surface area contributed by atoms with Gasteiger partial charge in [0.15, 0.2) is 0 Å². The lowest BCUT2D eigenvalue weighted by atomic mass is 10.1. The van der Waals surface area contributed by atoms with E-state index in [1.54, 1.807) is 11.3 Å². The number of hydrogen-bond donors (Lipinski definition) is 2. The minimum Gasteiger partial charge on any atom is -0.272 e. The monoisotopic (exact) mass is 314 g/mol. The molecule has 0 saturated heterocycles. The molecule has 0 aromatic carbocycles. The first-order chi connectivity index (χ1) is 8.10. The molecule has 0 aliphatic heterocycles. The van der Waals surface area contributed by atoms with Crippen LogP contribution in [0.15, 0.2) is 22.0 Å². The molecule has 2 aromatic heterocycles. The Morgan fingerprint density at radius 3 is 2.82 bits per heavy atom. The maximum Gasteiger partial charge on any atom is 0.0608 e. The number of rotatable bonds is 4. The number of halogens is 1. The second-order valence-electron chi connectivity index (χ2n) is 3.99. The summed E-state index contributed by atoms with van der Waals surface area (Å²) in [5.74, 6) is 5.63. The van der Waals surface area contributed by atoms with Gasteiger partial charge in [-0.3, -0.25) is 16.0 Å². The first kappa shape index (κ1) is 12.8. The highest BCUT2D eigenvalue weighted by molar-refractivity contribution is 9.10. The van der Waals surface area contributed by atoms with Gasteiger partial charge in [0.2, 0.25) is 0 Å². The van der Waals surface area contributed by atoms with Gasteiger partial charge in [0.05, 0.1) is 11.7 Å². The van der Waals surface area contributed by atoms with E-state index in [1.165, 1.54) is 10.6 Å². The second kappa shape index (κ2) is 5.30. The van der Waals surface area contributed by atoms with Crippen LogP contribution in [0.25, 0.3) is 0 Å². The van der Waals surface area contributed by atoms with Gasteiger partial charge in [0.1, 0.15) is 0 Å². The third-order valence-corrected chi connectivity index (χ3v) is 4.45. The Kier molecular flexibility index (Phi) is 3.98. The highest BCUT2D eigenvalue weighted by Gasteiger charge is 2.15. The number of aromatic nitrogens is 2. The maximum absolute atomic E-state index is 5.63. The number of thiophene rings is 1. The van der Waals surface area contributed by atoms with Crippen LogP contribution in [0.1, 0.15) is 22.3 Å². The van der Waals surface area contributed by atoms with Gasteiger partial charge in [-0.25, -0.2) is 0 Å². The van der Waals surface area contributed by atoms with E-state index < -0.39 is 0 Å². The van der Waals surface area contributed by atoms with E-state index in [4.69, 9.17) is 5.84 Å². The van der Waals surface area contributed by atoms with E-state index in [1.807, 2.05) is 18.7 Å². The maximum atomic E-state index is 5.63. The molecular weight excluding hydrogens is 300 g/mol. The molecule has 2 aromatic rings. The van der Waals surface area contributed by atoms with Crippen LogP contribution in [-0.4, -0.2) is 9.78 Å². The van der Waals surface area contributed by atoms with Crippen molar-refractivity contribution in [2.24, 2.45) is 12.9 Å². The van der Waals surface area contributed by atoms with Crippen LogP contribution in [0.3, 0.4) is 0 Å². The molecule has 0 amide bonds. The zero-order valence-electron chi connectivity index (χ0n) is 9.77.